The third-order valence-electron chi connectivity index (χ3n) is 5.86. The molecule has 0 radical (unpaired) electrons. The van der Waals surface area contributed by atoms with Gasteiger partial charge in [-0.3, -0.25) is 19.7 Å². The molecular formula is C21H22N4O3S2. The number of hydrogen-bond acceptors (Lipinski definition) is 6. The normalized spacial score (nSPS) is 25.9. The number of carbonyl (C=O) groups is 3. The molecule has 0 saturated carbocycles. The number of carbonyl (C=O) groups excluding carboxylic acids is 3. The second-order valence-electron chi connectivity index (χ2n) is 7.74. The van der Waals surface area contributed by atoms with Crippen LogP contribution in [0.2, 0.25) is 0 Å². The van der Waals surface area contributed by atoms with Crippen molar-refractivity contribution in [2.45, 2.75) is 31.0 Å². The molecule has 4 heterocycles. The number of piperidine rings is 1. The lowest BCUT2D eigenvalue weighted by Crippen LogP contribution is -2.56. The van der Waals surface area contributed by atoms with Crippen molar-refractivity contribution in [3.8, 4) is 10.4 Å². The van der Waals surface area contributed by atoms with Gasteiger partial charge in [0.2, 0.25) is 11.8 Å². The molecule has 0 bridgehead atoms. The van der Waals surface area contributed by atoms with Crippen molar-refractivity contribution in [3.63, 3.8) is 0 Å². The minimum Gasteiger partial charge on any atom is -0.352 e. The predicted octanol–water partition coefficient (Wildman–Crippen LogP) is 2.12. The standard InChI is InChI=1S/C21H22N4O3S2/c26-19(16-10-29-11-22-16)23-13-5-6-25-17(9-13)20(27)24-15-4-3-12(8-14(15)21(25)28)18-2-1-7-30-18/h1-4,7-8,13,16-17,22H,5-6,9-11H2,(H,23,26)(H,24,27)/t13-,16-,17-/m0/s1. The minimum atomic E-state index is -0.583. The van der Waals surface area contributed by atoms with E-state index in [2.05, 4.69) is 16.0 Å². The Bertz CT molecular complexity index is 988. The zero-order valence-corrected chi connectivity index (χ0v) is 17.9. The summed E-state index contributed by atoms with van der Waals surface area (Å²) in [5.41, 5.74) is 2.03. The SMILES string of the molecule is O=C(N[C@H]1CCN2C(=O)c3cc(-c4cccs4)ccc3NC(=O)[C@@H]2C1)[C@@H]1CSCN1. The average molecular weight is 443 g/mol. The molecule has 3 aliphatic heterocycles. The van der Waals surface area contributed by atoms with Gasteiger partial charge in [-0.1, -0.05) is 12.1 Å². The lowest BCUT2D eigenvalue weighted by Gasteiger charge is -2.37. The second-order valence-corrected chi connectivity index (χ2v) is 9.72. The van der Waals surface area contributed by atoms with Crippen LogP contribution in [0.5, 0.6) is 0 Å². The highest BCUT2D eigenvalue weighted by atomic mass is 32.2. The number of rotatable bonds is 3. The highest BCUT2D eigenvalue weighted by Gasteiger charge is 2.40. The van der Waals surface area contributed by atoms with E-state index >= 15 is 0 Å². The summed E-state index contributed by atoms with van der Waals surface area (Å²) in [5, 5.41) is 11.2. The van der Waals surface area contributed by atoms with Crippen molar-refractivity contribution >= 4 is 46.5 Å². The largest absolute Gasteiger partial charge is 0.352 e. The lowest BCUT2D eigenvalue weighted by atomic mass is 9.95. The number of thioether (sulfide) groups is 1. The first-order valence-electron chi connectivity index (χ1n) is 10.0. The zero-order valence-electron chi connectivity index (χ0n) is 16.2. The number of fused-ring (bicyclic) bond motifs is 2. The Morgan fingerprint density at radius 1 is 1.23 bits per heavy atom. The van der Waals surface area contributed by atoms with Gasteiger partial charge >= 0.3 is 0 Å². The van der Waals surface area contributed by atoms with Crippen molar-refractivity contribution in [1.82, 2.24) is 15.5 Å². The summed E-state index contributed by atoms with van der Waals surface area (Å²) in [7, 11) is 0. The summed E-state index contributed by atoms with van der Waals surface area (Å²) in [5.74, 6) is 1.18. The summed E-state index contributed by atoms with van der Waals surface area (Å²) in [6, 6.07) is 8.71. The Morgan fingerprint density at radius 2 is 2.13 bits per heavy atom. The summed E-state index contributed by atoms with van der Waals surface area (Å²) in [6.45, 7) is 0.442. The van der Waals surface area contributed by atoms with E-state index in [0.717, 1.165) is 22.1 Å². The molecule has 0 unspecified atom stereocenters. The third-order valence-corrected chi connectivity index (χ3v) is 7.72. The van der Waals surface area contributed by atoms with Gasteiger partial charge in [0.15, 0.2) is 0 Å². The van der Waals surface area contributed by atoms with Crippen LogP contribution in [0.15, 0.2) is 35.7 Å². The highest BCUT2D eigenvalue weighted by Crippen LogP contribution is 2.33. The molecule has 2 saturated heterocycles. The van der Waals surface area contributed by atoms with Crippen LogP contribution in [0.25, 0.3) is 10.4 Å². The molecule has 7 nitrogen and oxygen atoms in total. The van der Waals surface area contributed by atoms with Crippen LogP contribution in [0.3, 0.4) is 0 Å². The number of amides is 3. The number of thiophene rings is 1. The van der Waals surface area contributed by atoms with Crippen LogP contribution in [0, 0.1) is 0 Å². The summed E-state index contributed by atoms with van der Waals surface area (Å²) >= 11 is 3.31. The fraction of sp³-hybridized carbons (Fsp3) is 0.381. The van der Waals surface area contributed by atoms with E-state index in [-0.39, 0.29) is 29.8 Å². The number of nitrogens with one attached hydrogen (secondary N) is 3. The molecule has 2 aromatic rings. The van der Waals surface area contributed by atoms with Gasteiger partial charge < -0.3 is 15.5 Å². The van der Waals surface area contributed by atoms with Gasteiger partial charge in [0.05, 0.1) is 17.3 Å². The molecule has 3 atom stereocenters. The molecule has 2 fully saturated rings. The summed E-state index contributed by atoms with van der Waals surface area (Å²) in [6.07, 6.45) is 1.07. The third kappa shape index (κ3) is 3.61. The van der Waals surface area contributed by atoms with Crippen LogP contribution in [-0.2, 0) is 9.59 Å². The Hall–Kier alpha value is -2.36. The molecule has 1 aromatic carbocycles. The van der Waals surface area contributed by atoms with Crippen molar-refractivity contribution in [3.05, 3.63) is 41.3 Å². The summed E-state index contributed by atoms with van der Waals surface area (Å²) < 4.78 is 0. The number of benzene rings is 1. The Balaban J connectivity index is 1.35. The Kier molecular flexibility index (Phi) is 5.26. The molecule has 3 N–H and O–H groups in total. The van der Waals surface area contributed by atoms with Gasteiger partial charge in [0.25, 0.3) is 5.91 Å². The van der Waals surface area contributed by atoms with Gasteiger partial charge in [0.1, 0.15) is 6.04 Å². The molecule has 0 spiro atoms. The lowest BCUT2D eigenvalue weighted by molar-refractivity contribution is -0.125. The monoisotopic (exact) mass is 442 g/mol. The van der Waals surface area contributed by atoms with Crippen LogP contribution in [-0.4, -0.2) is 58.9 Å². The summed E-state index contributed by atoms with van der Waals surface area (Å²) in [4.78, 5) is 41.4. The Morgan fingerprint density at radius 3 is 2.90 bits per heavy atom. The minimum absolute atomic E-state index is 0.0253. The van der Waals surface area contributed by atoms with E-state index < -0.39 is 6.04 Å². The van der Waals surface area contributed by atoms with Gasteiger partial charge in [-0.25, -0.2) is 0 Å². The average Bonchev–Trinajstić information content (AvgIpc) is 3.46. The zero-order chi connectivity index (χ0) is 20.7. The van der Waals surface area contributed by atoms with Gasteiger partial charge in [0, 0.05) is 29.1 Å². The molecule has 30 heavy (non-hydrogen) atoms. The smallest absolute Gasteiger partial charge is 0.256 e. The first kappa shape index (κ1) is 19.6. The first-order valence-corrected chi connectivity index (χ1v) is 12.0. The second kappa shape index (κ2) is 8.05. The number of nitrogens with zero attached hydrogens (tertiary/aromatic N) is 1. The van der Waals surface area contributed by atoms with Crippen LogP contribution in [0.1, 0.15) is 23.2 Å². The fourth-order valence-electron chi connectivity index (χ4n) is 4.25. The first-order chi connectivity index (χ1) is 14.6. The molecule has 9 heteroatoms. The van der Waals surface area contributed by atoms with E-state index in [1.165, 1.54) is 0 Å². The topological polar surface area (TPSA) is 90.5 Å². The molecule has 156 valence electrons. The van der Waals surface area contributed by atoms with Gasteiger partial charge in [-0.2, -0.15) is 0 Å². The number of hydrogen-bond donors (Lipinski definition) is 3. The molecule has 3 amide bonds. The molecular weight excluding hydrogens is 420 g/mol. The Labute approximate surface area is 182 Å². The van der Waals surface area contributed by atoms with E-state index in [4.69, 9.17) is 0 Å². The fourth-order valence-corrected chi connectivity index (χ4v) is 5.92. The van der Waals surface area contributed by atoms with Crippen LogP contribution < -0.4 is 16.0 Å². The van der Waals surface area contributed by atoms with Crippen molar-refractivity contribution in [2.24, 2.45) is 0 Å². The van der Waals surface area contributed by atoms with Crippen LogP contribution >= 0.6 is 23.1 Å². The van der Waals surface area contributed by atoms with Gasteiger partial charge in [-0.15, -0.1) is 23.1 Å². The van der Waals surface area contributed by atoms with Crippen molar-refractivity contribution in [1.29, 1.82) is 0 Å². The predicted molar refractivity (Wildman–Crippen MR) is 119 cm³/mol. The maximum atomic E-state index is 13.3. The number of anilines is 1. The van der Waals surface area contributed by atoms with Gasteiger partial charge in [-0.05, 0) is 42.0 Å². The quantitative estimate of drug-likeness (QED) is 0.678. The highest BCUT2D eigenvalue weighted by molar-refractivity contribution is 7.99. The van der Waals surface area contributed by atoms with Crippen LogP contribution in [0.4, 0.5) is 5.69 Å². The van der Waals surface area contributed by atoms with E-state index in [1.807, 2.05) is 29.6 Å². The van der Waals surface area contributed by atoms with E-state index in [0.29, 0.717) is 30.6 Å². The van der Waals surface area contributed by atoms with E-state index in [9.17, 15) is 14.4 Å². The molecule has 0 aliphatic carbocycles. The molecule has 3 aliphatic rings. The van der Waals surface area contributed by atoms with Crippen molar-refractivity contribution in [2.75, 3.05) is 23.5 Å². The molecule has 1 aromatic heterocycles. The molecule has 5 rings (SSSR count). The maximum Gasteiger partial charge on any atom is 0.256 e. The van der Waals surface area contributed by atoms with E-state index in [1.54, 1.807) is 34.1 Å². The maximum absolute atomic E-state index is 13.3. The van der Waals surface area contributed by atoms with Crippen molar-refractivity contribution < 1.29 is 14.4 Å².